The maximum absolute atomic E-state index is 13.7. The minimum absolute atomic E-state index is 0.111. The second-order valence-corrected chi connectivity index (χ2v) is 5.24. The molecule has 0 unspecified atom stereocenters. The largest absolute Gasteiger partial charge is 0.485 e. The van der Waals surface area contributed by atoms with Gasteiger partial charge in [0.05, 0.1) is 17.1 Å². The lowest BCUT2D eigenvalue weighted by Crippen LogP contribution is -2.19. The van der Waals surface area contributed by atoms with Crippen LogP contribution in [0.25, 0.3) is 5.69 Å². The van der Waals surface area contributed by atoms with E-state index in [0.717, 1.165) is 17.8 Å². The number of amides is 1. The second kappa shape index (κ2) is 5.45. The third-order valence-corrected chi connectivity index (χ3v) is 3.75. The van der Waals surface area contributed by atoms with E-state index in [9.17, 15) is 13.6 Å². The van der Waals surface area contributed by atoms with Crippen LogP contribution in [0.1, 0.15) is 16.2 Å². The zero-order chi connectivity index (χ0) is 16.7. The van der Waals surface area contributed by atoms with Crippen molar-refractivity contribution in [2.45, 2.75) is 6.61 Å². The zero-order valence-electron chi connectivity index (χ0n) is 12.3. The fraction of sp³-hybridized carbons (Fsp3) is 0.0588. The molecule has 120 valence electrons. The number of rotatable bonds is 2. The van der Waals surface area contributed by atoms with Gasteiger partial charge in [-0.1, -0.05) is 12.1 Å². The molecule has 0 aliphatic carbocycles. The molecule has 0 bridgehead atoms. The van der Waals surface area contributed by atoms with Crippen LogP contribution in [0.5, 0.6) is 5.75 Å². The Kier molecular flexibility index (Phi) is 3.26. The van der Waals surface area contributed by atoms with Gasteiger partial charge in [0.2, 0.25) is 0 Å². The number of nitrogens with one attached hydrogen (secondary N) is 1. The van der Waals surface area contributed by atoms with E-state index in [1.54, 1.807) is 4.57 Å². The van der Waals surface area contributed by atoms with Crippen LogP contribution in [0.3, 0.4) is 0 Å². The summed E-state index contributed by atoms with van der Waals surface area (Å²) in [5, 5.41) is 2.40. The number of fused-ring (bicyclic) bond motifs is 3. The number of para-hydroxylation sites is 2. The van der Waals surface area contributed by atoms with E-state index in [-0.39, 0.29) is 18.0 Å². The Morgan fingerprint density at radius 3 is 2.88 bits per heavy atom. The molecule has 4 rings (SSSR count). The normalized spacial score (nSPS) is 12.1. The third-order valence-electron chi connectivity index (χ3n) is 3.75. The van der Waals surface area contributed by atoms with Gasteiger partial charge >= 0.3 is 0 Å². The summed E-state index contributed by atoms with van der Waals surface area (Å²) < 4.78 is 34.0. The number of nitrogens with zero attached hydrogens (tertiary/aromatic N) is 2. The van der Waals surface area contributed by atoms with Crippen LogP contribution < -0.4 is 10.1 Å². The van der Waals surface area contributed by atoms with Crippen molar-refractivity contribution in [3.63, 3.8) is 0 Å². The Hall–Kier alpha value is -3.22. The molecule has 3 aromatic rings. The van der Waals surface area contributed by atoms with Crippen LogP contribution in [-0.4, -0.2) is 15.5 Å². The fourth-order valence-electron chi connectivity index (χ4n) is 2.61. The first-order valence-electron chi connectivity index (χ1n) is 7.18. The van der Waals surface area contributed by atoms with Crippen LogP contribution >= 0.6 is 0 Å². The number of anilines is 1. The molecule has 1 aromatic heterocycles. The van der Waals surface area contributed by atoms with Crippen molar-refractivity contribution >= 4 is 11.6 Å². The van der Waals surface area contributed by atoms with Crippen molar-refractivity contribution in [1.82, 2.24) is 9.55 Å². The highest BCUT2D eigenvalue weighted by atomic mass is 19.1. The highest BCUT2D eigenvalue weighted by Crippen LogP contribution is 2.30. The summed E-state index contributed by atoms with van der Waals surface area (Å²) in [7, 11) is 0. The lowest BCUT2D eigenvalue weighted by molar-refractivity contribution is 0.101. The molecule has 1 aliphatic rings. The summed E-state index contributed by atoms with van der Waals surface area (Å²) in [6.45, 7) is 0.172. The van der Waals surface area contributed by atoms with Gasteiger partial charge < -0.3 is 10.1 Å². The predicted molar refractivity (Wildman–Crippen MR) is 82.2 cm³/mol. The number of aromatic nitrogens is 2. The molecule has 0 fully saturated rings. The van der Waals surface area contributed by atoms with E-state index < -0.39 is 17.5 Å². The van der Waals surface area contributed by atoms with Crippen LogP contribution in [0, 0.1) is 11.6 Å². The minimum atomic E-state index is -0.849. The number of benzene rings is 2. The molecule has 1 amide bonds. The molecule has 2 heterocycles. The summed E-state index contributed by atoms with van der Waals surface area (Å²) in [4.78, 5) is 16.5. The highest BCUT2D eigenvalue weighted by molar-refractivity contribution is 6.03. The van der Waals surface area contributed by atoms with Gasteiger partial charge in [-0.2, -0.15) is 0 Å². The molecule has 5 nitrogen and oxygen atoms in total. The number of hydrogen-bond acceptors (Lipinski definition) is 3. The van der Waals surface area contributed by atoms with E-state index in [1.165, 1.54) is 6.33 Å². The van der Waals surface area contributed by atoms with E-state index in [2.05, 4.69) is 10.3 Å². The van der Waals surface area contributed by atoms with E-state index in [4.69, 9.17) is 4.74 Å². The fourth-order valence-corrected chi connectivity index (χ4v) is 2.61. The third kappa shape index (κ3) is 2.30. The standard InChI is InChI=1S/C17H11F2N3O2/c18-10-5-6-12(11(19)7-10)21-17(23)16-14-8-24-15-4-2-1-3-13(15)22(14)9-20-16/h1-7,9H,8H2,(H,21,23). The molecule has 0 spiro atoms. The van der Waals surface area contributed by atoms with Gasteiger partial charge in [0.1, 0.15) is 30.3 Å². The first-order chi connectivity index (χ1) is 11.6. The maximum atomic E-state index is 13.7. The Morgan fingerprint density at radius 1 is 1.21 bits per heavy atom. The monoisotopic (exact) mass is 327 g/mol. The van der Waals surface area contributed by atoms with Crippen LogP contribution in [0.2, 0.25) is 0 Å². The van der Waals surface area contributed by atoms with Gasteiger partial charge in [-0.15, -0.1) is 0 Å². The molecular formula is C17H11F2N3O2. The Bertz CT molecular complexity index is 953. The molecule has 0 radical (unpaired) electrons. The van der Waals surface area contributed by atoms with Crippen molar-refractivity contribution in [2.24, 2.45) is 0 Å². The summed E-state index contributed by atoms with van der Waals surface area (Å²) in [6.07, 6.45) is 1.52. The van der Waals surface area contributed by atoms with Crippen molar-refractivity contribution < 1.29 is 18.3 Å². The van der Waals surface area contributed by atoms with Gasteiger partial charge in [-0.3, -0.25) is 9.36 Å². The maximum Gasteiger partial charge on any atom is 0.276 e. The summed E-state index contributed by atoms with van der Waals surface area (Å²) >= 11 is 0. The topological polar surface area (TPSA) is 56.2 Å². The number of carbonyl (C=O) groups is 1. The Morgan fingerprint density at radius 2 is 2.04 bits per heavy atom. The smallest absolute Gasteiger partial charge is 0.276 e. The molecule has 1 N–H and O–H groups in total. The van der Waals surface area contributed by atoms with E-state index in [0.29, 0.717) is 17.5 Å². The molecule has 24 heavy (non-hydrogen) atoms. The summed E-state index contributed by atoms with van der Waals surface area (Å²) in [6, 6.07) is 10.3. The van der Waals surface area contributed by atoms with Gasteiger partial charge in [0, 0.05) is 6.07 Å². The number of hydrogen-bond donors (Lipinski definition) is 1. The van der Waals surface area contributed by atoms with Gasteiger partial charge in [-0.05, 0) is 24.3 Å². The van der Waals surface area contributed by atoms with Crippen molar-refractivity contribution in [3.8, 4) is 11.4 Å². The van der Waals surface area contributed by atoms with Crippen LogP contribution in [0.4, 0.5) is 14.5 Å². The van der Waals surface area contributed by atoms with Crippen molar-refractivity contribution in [1.29, 1.82) is 0 Å². The van der Waals surface area contributed by atoms with Crippen LogP contribution in [0.15, 0.2) is 48.8 Å². The molecule has 1 aliphatic heterocycles. The molecule has 0 atom stereocenters. The van der Waals surface area contributed by atoms with Gasteiger partial charge in [0.25, 0.3) is 5.91 Å². The molecular weight excluding hydrogens is 316 g/mol. The summed E-state index contributed by atoms with van der Waals surface area (Å²) in [5.74, 6) is -1.45. The van der Waals surface area contributed by atoms with Crippen LogP contribution in [-0.2, 0) is 6.61 Å². The average molecular weight is 327 g/mol. The quantitative estimate of drug-likeness (QED) is 0.786. The molecule has 7 heteroatoms. The number of carbonyl (C=O) groups excluding carboxylic acids is 1. The first-order valence-corrected chi connectivity index (χ1v) is 7.18. The average Bonchev–Trinajstić information content (AvgIpc) is 3.02. The van der Waals surface area contributed by atoms with Gasteiger partial charge in [-0.25, -0.2) is 13.8 Å². The van der Waals surface area contributed by atoms with Crippen molar-refractivity contribution in [2.75, 3.05) is 5.32 Å². The summed E-state index contributed by atoms with van der Waals surface area (Å²) in [5.41, 5.74) is 1.36. The zero-order valence-corrected chi connectivity index (χ0v) is 12.3. The lowest BCUT2D eigenvalue weighted by atomic mass is 10.2. The number of ether oxygens (including phenoxy) is 1. The molecule has 0 saturated carbocycles. The predicted octanol–water partition coefficient (Wildman–Crippen LogP) is 3.30. The Labute approximate surface area is 135 Å². The van der Waals surface area contributed by atoms with Crippen molar-refractivity contribution in [3.05, 3.63) is 71.8 Å². The Balaban J connectivity index is 1.67. The van der Waals surface area contributed by atoms with E-state index >= 15 is 0 Å². The number of imidazole rings is 1. The molecule has 0 saturated heterocycles. The first kappa shape index (κ1) is 14.4. The lowest BCUT2D eigenvalue weighted by Gasteiger charge is -2.20. The molecule has 2 aromatic carbocycles. The minimum Gasteiger partial charge on any atom is -0.485 e. The van der Waals surface area contributed by atoms with Gasteiger partial charge in [0.15, 0.2) is 5.69 Å². The second-order valence-electron chi connectivity index (χ2n) is 5.24. The van der Waals surface area contributed by atoms with E-state index in [1.807, 2.05) is 24.3 Å². The SMILES string of the molecule is O=C(Nc1ccc(F)cc1F)c1ncn2c1COc1ccccc1-2. The number of halogens is 2. The highest BCUT2D eigenvalue weighted by Gasteiger charge is 2.24.